The first-order chi connectivity index (χ1) is 42.8. The van der Waals surface area contributed by atoms with Crippen LogP contribution in [0.25, 0.3) is 0 Å². The first kappa shape index (κ1) is 75.8. The lowest BCUT2D eigenvalue weighted by Gasteiger charge is -2.30. The molecule has 3 saturated heterocycles. The SMILES string of the molecule is CCC(C)(C)C(=O)OC(C)(C)c1ccc(F)cc1.CCC(C)(C)C(=O)OC(C)C(F)(F)S(=O)(=O)[O-].CCC(C)(C)C(=O)OC1C2CC3C(=O)OC1C3O2.CCC(C)(C)C(=O)OC1CCc2c(O)ccc(O)c2C1.c1ccc([S+](c2ccccc2)c2ccccc2)cc1. The van der Waals surface area contributed by atoms with Crippen LogP contribution < -0.4 is 0 Å². The van der Waals surface area contributed by atoms with Gasteiger partial charge in [-0.15, -0.1) is 0 Å². The Morgan fingerprint density at radius 3 is 1.49 bits per heavy atom. The summed E-state index contributed by atoms with van der Waals surface area (Å²) in [6.07, 6.45) is 1.10. The van der Waals surface area contributed by atoms with Crippen LogP contribution in [-0.4, -0.2) is 94.9 Å². The maximum atomic E-state index is 13.0. The Kier molecular flexibility index (Phi) is 25.8. The summed E-state index contributed by atoms with van der Waals surface area (Å²) < 4.78 is 102. The molecule has 2 bridgehead atoms. The number of ether oxygens (including phenoxy) is 6. The number of halogens is 3. The van der Waals surface area contributed by atoms with Crippen molar-refractivity contribution in [2.45, 2.75) is 217 Å². The van der Waals surface area contributed by atoms with Gasteiger partial charge in [-0.3, -0.25) is 24.0 Å². The molecule has 5 aromatic rings. The van der Waals surface area contributed by atoms with E-state index in [1.807, 2.05) is 76.2 Å². The van der Waals surface area contributed by atoms with E-state index in [2.05, 4.69) is 95.7 Å². The molecule has 5 aromatic carbocycles. The van der Waals surface area contributed by atoms with Gasteiger partial charge in [-0.2, -0.15) is 8.78 Å². The van der Waals surface area contributed by atoms with Crippen molar-refractivity contribution in [1.29, 1.82) is 0 Å². The largest absolute Gasteiger partial charge is 0.743 e. The Bertz CT molecular complexity index is 3300. The molecule has 9 rings (SSSR count). The van der Waals surface area contributed by atoms with Crippen LogP contribution in [0.3, 0.4) is 0 Å². The van der Waals surface area contributed by atoms with Crippen molar-refractivity contribution in [3.05, 3.63) is 150 Å². The molecule has 92 heavy (non-hydrogen) atoms. The number of hydrogen-bond donors (Lipinski definition) is 2. The number of aromatic hydroxyl groups is 2. The quantitative estimate of drug-likeness (QED) is 0.0273. The van der Waals surface area contributed by atoms with E-state index in [0.29, 0.717) is 57.4 Å². The number of carbonyl (C=O) groups excluding carboxylic acids is 5. The normalized spacial score (nSPS) is 19.5. The van der Waals surface area contributed by atoms with E-state index < -0.39 is 66.9 Å². The maximum absolute atomic E-state index is 13.0. The van der Waals surface area contributed by atoms with Crippen LogP contribution in [-0.2, 0) is 91.8 Å². The van der Waals surface area contributed by atoms with Crippen molar-refractivity contribution >= 4 is 50.9 Å². The molecular formula is C71H91F3O16S2. The summed E-state index contributed by atoms with van der Waals surface area (Å²) in [5.74, 6) is -1.94. The molecule has 2 N–H and O–H groups in total. The third kappa shape index (κ3) is 19.1. The number of rotatable bonds is 18. The molecule has 21 heteroatoms. The molecule has 16 nitrogen and oxygen atoms in total. The molecular weight excluding hydrogens is 1230 g/mol. The van der Waals surface area contributed by atoms with Gasteiger partial charge in [0, 0.05) is 17.5 Å². The van der Waals surface area contributed by atoms with E-state index in [9.17, 15) is 60.3 Å². The van der Waals surface area contributed by atoms with E-state index in [1.165, 1.54) is 52.8 Å². The number of benzene rings is 5. The van der Waals surface area contributed by atoms with Crippen LogP contribution in [0.2, 0.25) is 0 Å². The lowest BCUT2D eigenvalue weighted by Crippen LogP contribution is -2.44. The molecule has 3 heterocycles. The average Bonchev–Trinajstić information content (AvgIpc) is 1.57. The summed E-state index contributed by atoms with van der Waals surface area (Å²) in [6.45, 7) is 25.9. The maximum Gasteiger partial charge on any atom is 0.369 e. The second-order valence-electron chi connectivity index (χ2n) is 26.2. The molecule has 7 unspecified atom stereocenters. The van der Waals surface area contributed by atoms with Gasteiger partial charge in [-0.1, -0.05) is 94.4 Å². The van der Waals surface area contributed by atoms with E-state index in [-0.39, 0.29) is 76.3 Å². The Morgan fingerprint density at radius 1 is 0.620 bits per heavy atom. The third-order valence-electron chi connectivity index (χ3n) is 17.5. The van der Waals surface area contributed by atoms with Crippen LogP contribution in [0.4, 0.5) is 13.2 Å². The van der Waals surface area contributed by atoms with Gasteiger partial charge < -0.3 is 43.2 Å². The Morgan fingerprint density at radius 2 is 1.04 bits per heavy atom. The molecule has 7 atom stereocenters. The van der Waals surface area contributed by atoms with Gasteiger partial charge in [0.2, 0.25) is 0 Å². The van der Waals surface area contributed by atoms with Crippen LogP contribution in [0.15, 0.2) is 142 Å². The van der Waals surface area contributed by atoms with Gasteiger partial charge in [0.05, 0.1) is 44.6 Å². The van der Waals surface area contributed by atoms with E-state index in [0.717, 1.165) is 17.5 Å². The van der Waals surface area contributed by atoms with Crippen LogP contribution >= 0.6 is 0 Å². The number of fused-ring (bicyclic) bond motifs is 2. The molecule has 0 radical (unpaired) electrons. The molecule has 4 aliphatic rings. The molecule has 0 amide bonds. The molecule has 0 spiro atoms. The van der Waals surface area contributed by atoms with Crippen LogP contribution in [0.1, 0.15) is 159 Å². The molecule has 3 fully saturated rings. The lowest BCUT2D eigenvalue weighted by atomic mass is 9.87. The predicted molar refractivity (Wildman–Crippen MR) is 342 cm³/mol. The fraction of sp³-hybridized carbons (Fsp3) is 0.507. The highest BCUT2D eigenvalue weighted by Crippen LogP contribution is 2.48. The van der Waals surface area contributed by atoms with Crippen molar-refractivity contribution in [2.75, 3.05) is 0 Å². The fourth-order valence-electron chi connectivity index (χ4n) is 9.41. The number of phenolic OH excluding ortho intramolecular Hbond substituents is 2. The summed E-state index contributed by atoms with van der Waals surface area (Å²) in [4.78, 5) is 63.3. The van der Waals surface area contributed by atoms with Crippen LogP contribution in [0, 0.1) is 33.4 Å². The van der Waals surface area contributed by atoms with Gasteiger partial charge in [0.25, 0.3) is 0 Å². The third-order valence-corrected chi connectivity index (χ3v) is 20.7. The highest BCUT2D eigenvalue weighted by Gasteiger charge is 2.65. The van der Waals surface area contributed by atoms with Crippen molar-refractivity contribution in [1.82, 2.24) is 0 Å². The van der Waals surface area contributed by atoms with Crippen molar-refractivity contribution < 1.29 is 88.7 Å². The smallest absolute Gasteiger partial charge is 0.369 e. The highest BCUT2D eigenvalue weighted by atomic mass is 32.2. The van der Waals surface area contributed by atoms with Gasteiger partial charge in [0.15, 0.2) is 43.1 Å². The summed E-state index contributed by atoms with van der Waals surface area (Å²) >= 11 is 0. The fourth-order valence-corrected chi connectivity index (χ4v) is 12.0. The summed E-state index contributed by atoms with van der Waals surface area (Å²) in [7, 11) is -5.87. The predicted octanol–water partition coefficient (Wildman–Crippen LogP) is 14.3. The van der Waals surface area contributed by atoms with Gasteiger partial charge >= 0.3 is 35.1 Å². The highest BCUT2D eigenvalue weighted by molar-refractivity contribution is 7.97. The number of carbonyl (C=O) groups is 5. The van der Waals surface area contributed by atoms with Gasteiger partial charge in [-0.05, 0) is 187 Å². The van der Waals surface area contributed by atoms with Crippen LogP contribution in [0.5, 0.6) is 11.5 Å². The average molecular weight is 1320 g/mol. The van der Waals surface area contributed by atoms with Crippen molar-refractivity contribution in [2.24, 2.45) is 27.6 Å². The van der Waals surface area contributed by atoms with Gasteiger partial charge in [0.1, 0.15) is 35.1 Å². The first-order valence-corrected chi connectivity index (χ1v) is 33.7. The zero-order valence-corrected chi connectivity index (χ0v) is 57.0. The number of alkyl halides is 2. The van der Waals surface area contributed by atoms with E-state index in [4.69, 9.17) is 23.7 Å². The number of hydrogen-bond acceptors (Lipinski definition) is 16. The molecule has 0 saturated carbocycles. The molecule has 504 valence electrons. The Labute approximate surface area is 543 Å². The summed E-state index contributed by atoms with van der Waals surface area (Å²) in [5.41, 5.74) is -1.02. The minimum atomic E-state index is -5.86. The molecule has 1 aliphatic carbocycles. The number of phenols is 2. The zero-order chi connectivity index (χ0) is 69.0. The standard InChI is InChI=1S/C18H15S.C16H22O4.C15H21FO2.C13H18O5.C9H16F2O5S/c1-4-10-16(11-5-1)19(17-12-6-2-7-13-17)18-14-8-3-9-15-18;1-4-16(2,3)15(19)20-10-5-6-11-12(9-10)14(18)8-7-13(11)17;1-6-14(2,3)13(17)18-15(4,5)11-7-9-12(16)10-8-11;1-4-13(2,3)12(15)18-9-7-5-6-8(16-7)10(9)17-11(6)14;1-5-8(3,4)7(12)16-6(2)9(10,11)17(13,14)15/h1-15H;7-8,10,17-18H,4-6,9H2,1-3H3;7-10H,6H2,1-5H3;6-10H,4-5H2,1-3H3;6H,5H2,1-4H3,(H,13,14,15)/q+1;;;;/p-1. The summed E-state index contributed by atoms with van der Waals surface area (Å²) in [6, 6.07) is 41.2. The van der Waals surface area contributed by atoms with E-state index in [1.54, 1.807) is 19.1 Å². The Balaban J connectivity index is 0.000000209. The van der Waals surface area contributed by atoms with Crippen molar-refractivity contribution in [3.63, 3.8) is 0 Å². The topological polar surface area (TPSA) is 238 Å². The first-order valence-electron chi connectivity index (χ1n) is 31.0. The summed E-state index contributed by atoms with van der Waals surface area (Å²) in [5, 5.41) is 15.1. The molecule has 3 aliphatic heterocycles. The second kappa shape index (κ2) is 31.3. The molecule has 0 aromatic heterocycles. The monoisotopic (exact) mass is 1320 g/mol. The minimum Gasteiger partial charge on any atom is -0.743 e. The lowest BCUT2D eigenvalue weighted by molar-refractivity contribution is -0.170. The Hall–Kier alpha value is -6.94. The van der Waals surface area contributed by atoms with E-state index >= 15 is 0 Å². The minimum absolute atomic E-state index is 0.0146. The zero-order valence-electron chi connectivity index (χ0n) is 55.4. The second-order valence-corrected chi connectivity index (χ2v) is 29.7. The number of esters is 5. The van der Waals surface area contributed by atoms with Gasteiger partial charge in [-0.25, -0.2) is 12.8 Å². The van der Waals surface area contributed by atoms with Crippen molar-refractivity contribution in [3.8, 4) is 11.5 Å².